The van der Waals surface area contributed by atoms with Crippen LogP contribution in [0, 0.1) is 0 Å². The van der Waals surface area contributed by atoms with Crippen LogP contribution in [0.15, 0.2) is 0 Å². The van der Waals surface area contributed by atoms with Gasteiger partial charge in [-0.25, -0.2) is 4.79 Å². The Hall–Kier alpha value is -0.770. The van der Waals surface area contributed by atoms with Crippen molar-refractivity contribution < 1.29 is 9.90 Å². The smallest absolute Gasteiger partial charge is 0.404 e. The quantitative estimate of drug-likeness (QED) is 0.489. The largest absolute Gasteiger partial charge is 0.465 e. The lowest BCUT2D eigenvalue weighted by molar-refractivity contribution is 0.158. The SMILES string of the molecule is C[C@]1(N)C[C@H](NC(=O)O)C1. The Labute approximate surface area is 59.4 Å². The maximum absolute atomic E-state index is 10.1. The summed E-state index contributed by atoms with van der Waals surface area (Å²) in [7, 11) is 0. The molecule has 0 aliphatic heterocycles. The van der Waals surface area contributed by atoms with E-state index in [9.17, 15) is 4.79 Å². The van der Waals surface area contributed by atoms with Gasteiger partial charge < -0.3 is 16.2 Å². The van der Waals surface area contributed by atoms with Gasteiger partial charge in [0.15, 0.2) is 0 Å². The maximum atomic E-state index is 10.1. The second kappa shape index (κ2) is 2.12. The van der Waals surface area contributed by atoms with Gasteiger partial charge in [0.05, 0.1) is 0 Å². The number of hydrogen-bond donors (Lipinski definition) is 3. The van der Waals surface area contributed by atoms with Gasteiger partial charge in [-0.1, -0.05) is 0 Å². The van der Waals surface area contributed by atoms with E-state index in [1.54, 1.807) is 0 Å². The minimum absolute atomic E-state index is 0.0764. The van der Waals surface area contributed by atoms with Crippen molar-refractivity contribution in [2.45, 2.75) is 31.3 Å². The molecule has 1 fully saturated rings. The van der Waals surface area contributed by atoms with E-state index in [1.807, 2.05) is 6.92 Å². The number of hydrogen-bond acceptors (Lipinski definition) is 2. The van der Waals surface area contributed by atoms with Crippen LogP contribution in [0.25, 0.3) is 0 Å². The fourth-order valence-corrected chi connectivity index (χ4v) is 1.34. The van der Waals surface area contributed by atoms with Crippen molar-refractivity contribution >= 4 is 6.09 Å². The second-order valence-electron chi connectivity index (χ2n) is 3.21. The number of nitrogens with one attached hydrogen (secondary N) is 1. The highest BCUT2D eigenvalue weighted by molar-refractivity contribution is 5.65. The minimum atomic E-state index is -0.958. The molecule has 1 aliphatic rings. The second-order valence-corrected chi connectivity index (χ2v) is 3.21. The van der Waals surface area contributed by atoms with Crippen molar-refractivity contribution in [1.82, 2.24) is 5.32 Å². The third-order valence-electron chi connectivity index (χ3n) is 1.75. The summed E-state index contributed by atoms with van der Waals surface area (Å²) in [4.78, 5) is 10.1. The van der Waals surface area contributed by atoms with Crippen LogP contribution >= 0.6 is 0 Å². The first kappa shape index (κ1) is 7.34. The highest BCUT2D eigenvalue weighted by Gasteiger charge is 2.37. The Morgan fingerprint density at radius 2 is 2.30 bits per heavy atom. The lowest BCUT2D eigenvalue weighted by Gasteiger charge is -2.41. The van der Waals surface area contributed by atoms with Crippen molar-refractivity contribution in [3.05, 3.63) is 0 Å². The normalized spacial score (nSPS) is 38.4. The molecule has 4 N–H and O–H groups in total. The van der Waals surface area contributed by atoms with Gasteiger partial charge in [0.1, 0.15) is 0 Å². The average molecular weight is 144 g/mol. The summed E-state index contributed by atoms with van der Waals surface area (Å²) < 4.78 is 0. The topological polar surface area (TPSA) is 75.3 Å². The van der Waals surface area contributed by atoms with E-state index in [1.165, 1.54) is 0 Å². The van der Waals surface area contributed by atoms with Gasteiger partial charge in [-0.2, -0.15) is 0 Å². The van der Waals surface area contributed by atoms with Crippen LogP contribution in [-0.4, -0.2) is 22.8 Å². The van der Waals surface area contributed by atoms with Gasteiger partial charge in [-0.15, -0.1) is 0 Å². The molecule has 1 rings (SSSR count). The summed E-state index contributed by atoms with van der Waals surface area (Å²) in [5, 5.41) is 10.6. The monoisotopic (exact) mass is 144 g/mol. The molecular weight excluding hydrogens is 132 g/mol. The summed E-state index contributed by atoms with van der Waals surface area (Å²) in [6.45, 7) is 1.92. The van der Waals surface area contributed by atoms with Gasteiger partial charge in [-0.3, -0.25) is 0 Å². The Morgan fingerprint density at radius 3 is 2.60 bits per heavy atom. The van der Waals surface area contributed by atoms with Gasteiger partial charge >= 0.3 is 6.09 Å². The fourth-order valence-electron chi connectivity index (χ4n) is 1.34. The molecule has 0 saturated heterocycles. The molecule has 1 saturated carbocycles. The van der Waals surface area contributed by atoms with Crippen LogP contribution in [0.1, 0.15) is 19.8 Å². The number of carboxylic acid groups (broad SMARTS) is 1. The molecule has 0 unspecified atom stereocenters. The van der Waals surface area contributed by atoms with Crippen LogP contribution in [0.3, 0.4) is 0 Å². The Morgan fingerprint density at radius 1 is 1.80 bits per heavy atom. The molecule has 0 aromatic rings. The summed E-state index contributed by atoms with van der Waals surface area (Å²) in [5.41, 5.74) is 5.51. The first-order valence-electron chi connectivity index (χ1n) is 3.28. The van der Waals surface area contributed by atoms with Crippen LogP contribution in [-0.2, 0) is 0 Å². The molecule has 4 nitrogen and oxygen atoms in total. The van der Waals surface area contributed by atoms with Gasteiger partial charge in [0.25, 0.3) is 0 Å². The molecule has 0 radical (unpaired) electrons. The molecule has 0 spiro atoms. The van der Waals surface area contributed by atoms with E-state index in [4.69, 9.17) is 10.8 Å². The first-order chi connectivity index (χ1) is 4.49. The van der Waals surface area contributed by atoms with Crippen LogP contribution in [0.5, 0.6) is 0 Å². The number of nitrogens with two attached hydrogens (primary N) is 1. The van der Waals surface area contributed by atoms with E-state index >= 15 is 0 Å². The molecular formula is C6H12N2O2. The molecule has 1 amide bonds. The van der Waals surface area contributed by atoms with Crippen molar-refractivity contribution in [3.8, 4) is 0 Å². The molecule has 0 aromatic heterocycles. The van der Waals surface area contributed by atoms with Crippen molar-refractivity contribution in [1.29, 1.82) is 0 Å². The Bertz CT molecular complexity index is 148. The summed E-state index contributed by atoms with van der Waals surface area (Å²) >= 11 is 0. The van der Waals surface area contributed by atoms with Crippen LogP contribution in [0.4, 0.5) is 4.79 Å². The molecule has 0 aromatic carbocycles. The molecule has 1 aliphatic carbocycles. The molecule has 0 bridgehead atoms. The molecule has 0 heterocycles. The number of amides is 1. The lowest BCUT2D eigenvalue weighted by Crippen LogP contribution is -2.58. The molecule has 58 valence electrons. The third kappa shape index (κ3) is 1.60. The molecule has 4 heteroatoms. The third-order valence-corrected chi connectivity index (χ3v) is 1.75. The van der Waals surface area contributed by atoms with Crippen molar-refractivity contribution in [2.75, 3.05) is 0 Å². The standard InChI is InChI=1S/C6H12N2O2/c1-6(7)2-4(3-6)8-5(9)10/h4,8H,2-3,7H2,1H3,(H,9,10)/t4-,6-. The first-order valence-corrected chi connectivity index (χ1v) is 3.28. The summed E-state index contributed by atoms with van der Waals surface area (Å²) in [6, 6.07) is 0.0764. The minimum Gasteiger partial charge on any atom is -0.465 e. The number of rotatable bonds is 1. The van der Waals surface area contributed by atoms with Gasteiger partial charge in [-0.05, 0) is 19.8 Å². The summed E-state index contributed by atoms with van der Waals surface area (Å²) in [5.74, 6) is 0. The predicted octanol–water partition coefficient (Wildman–Crippen LogP) is 0.134. The zero-order chi connectivity index (χ0) is 7.78. The van der Waals surface area contributed by atoms with Crippen molar-refractivity contribution in [3.63, 3.8) is 0 Å². The van der Waals surface area contributed by atoms with E-state index in [0.717, 1.165) is 12.8 Å². The Balaban J connectivity index is 2.21. The Kier molecular flexibility index (Phi) is 1.56. The number of carbonyl (C=O) groups is 1. The maximum Gasteiger partial charge on any atom is 0.404 e. The zero-order valence-corrected chi connectivity index (χ0v) is 5.92. The molecule has 0 atom stereocenters. The highest BCUT2D eigenvalue weighted by atomic mass is 16.4. The van der Waals surface area contributed by atoms with E-state index in [-0.39, 0.29) is 11.6 Å². The summed E-state index contributed by atoms with van der Waals surface area (Å²) in [6.07, 6.45) is 0.541. The van der Waals surface area contributed by atoms with Crippen LogP contribution < -0.4 is 11.1 Å². The predicted molar refractivity (Wildman–Crippen MR) is 36.8 cm³/mol. The lowest BCUT2D eigenvalue weighted by atomic mass is 9.75. The zero-order valence-electron chi connectivity index (χ0n) is 5.92. The van der Waals surface area contributed by atoms with E-state index in [0.29, 0.717) is 0 Å². The average Bonchev–Trinajstić information content (AvgIpc) is 1.57. The highest BCUT2D eigenvalue weighted by Crippen LogP contribution is 2.28. The van der Waals surface area contributed by atoms with E-state index < -0.39 is 6.09 Å². The fraction of sp³-hybridized carbons (Fsp3) is 0.833. The van der Waals surface area contributed by atoms with Gasteiger partial charge in [0.2, 0.25) is 0 Å². The van der Waals surface area contributed by atoms with Crippen LogP contribution in [0.2, 0.25) is 0 Å². The van der Waals surface area contributed by atoms with Gasteiger partial charge in [0, 0.05) is 11.6 Å². The van der Waals surface area contributed by atoms with E-state index in [2.05, 4.69) is 5.32 Å². The van der Waals surface area contributed by atoms with Crippen molar-refractivity contribution in [2.24, 2.45) is 5.73 Å². The molecule has 10 heavy (non-hydrogen) atoms.